The summed E-state index contributed by atoms with van der Waals surface area (Å²) in [6.45, 7) is 6.37. The number of hydrogen-bond donors (Lipinski definition) is 1. The first-order valence-corrected chi connectivity index (χ1v) is 6.37. The largest absolute Gasteiger partial charge is 0.476 e. The summed E-state index contributed by atoms with van der Waals surface area (Å²) in [4.78, 5) is 14.2. The lowest BCUT2D eigenvalue weighted by Gasteiger charge is -2.39. The van der Waals surface area contributed by atoms with Gasteiger partial charge in [-0.2, -0.15) is 0 Å². The maximum atomic E-state index is 12.4. The third-order valence-corrected chi connectivity index (χ3v) is 3.16. The predicted molar refractivity (Wildman–Crippen MR) is 72.8 cm³/mol. The molecular weight excluding hydrogens is 228 g/mol. The molecule has 0 fully saturated rings. The molecule has 0 spiro atoms. The van der Waals surface area contributed by atoms with Gasteiger partial charge >= 0.3 is 0 Å². The Morgan fingerprint density at radius 2 is 2.11 bits per heavy atom. The quantitative estimate of drug-likeness (QED) is 0.836. The van der Waals surface area contributed by atoms with Crippen LogP contribution in [-0.4, -0.2) is 18.1 Å². The van der Waals surface area contributed by atoms with Gasteiger partial charge in [0.15, 0.2) is 5.60 Å². The maximum absolute atomic E-state index is 12.4. The molecule has 4 heteroatoms. The minimum atomic E-state index is -0.825. The molecule has 0 saturated carbocycles. The van der Waals surface area contributed by atoms with Gasteiger partial charge in [-0.1, -0.05) is 19.4 Å². The first-order chi connectivity index (χ1) is 8.47. The maximum Gasteiger partial charge on any atom is 0.270 e. The average molecular weight is 248 g/mol. The Morgan fingerprint density at radius 1 is 1.39 bits per heavy atom. The smallest absolute Gasteiger partial charge is 0.270 e. The first kappa shape index (κ1) is 12.7. The molecule has 0 saturated heterocycles. The zero-order valence-electron chi connectivity index (χ0n) is 11.2. The van der Waals surface area contributed by atoms with Gasteiger partial charge in [-0.05, 0) is 32.4 Å². The lowest BCUT2D eigenvalue weighted by atomic mass is 10.0. The molecule has 0 aliphatic carbocycles. The molecule has 0 aromatic heterocycles. The second-order valence-corrected chi connectivity index (χ2v) is 5.12. The lowest BCUT2D eigenvalue weighted by molar-refractivity contribution is -0.132. The number of nitrogen functional groups attached to an aromatic ring is 1. The van der Waals surface area contributed by atoms with Gasteiger partial charge in [0.05, 0.1) is 5.69 Å². The molecule has 1 heterocycles. The van der Waals surface area contributed by atoms with Crippen molar-refractivity contribution in [1.82, 2.24) is 0 Å². The number of amides is 1. The fourth-order valence-corrected chi connectivity index (χ4v) is 2.19. The predicted octanol–water partition coefficient (Wildman–Crippen LogP) is 2.57. The first-order valence-electron chi connectivity index (χ1n) is 6.37. The summed E-state index contributed by atoms with van der Waals surface area (Å²) in [6.07, 6.45) is 1.99. The summed E-state index contributed by atoms with van der Waals surface area (Å²) in [5, 5.41) is 0. The molecule has 4 nitrogen and oxygen atoms in total. The van der Waals surface area contributed by atoms with E-state index in [-0.39, 0.29) is 5.91 Å². The number of benzene rings is 1. The van der Waals surface area contributed by atoms with Crippen molar-refractivity contribution in [2.24, 2.45) is 0 Å². The molecule has 0 atom stereocenters. The van der Waals surface area contributed by atoms with E-state index in [1.165, 1.54) is 0 Å². The Kier molecular flexibility index (Phi) is 3.20. The summed E-state index contributed by atoms with van der Waals surface area (Å²) < 4.78 is 5.75. The molecule has 1 aliphatic rings. The van der Waals surface area contributed by atoms with Gasteiger partial charge in [0.25, 0.3) is 5.91 Å². The Balaban J connectivity index is 2.46. The van der Waals surface area contributed by atoms with Crippen molar-refractivity contribution in [3.63, 3.8) is 0 Å². The minimum absolute atomic E-state index is 0.0265. The Labute approximate surface area is 108 Å². The van der Waals surface area contributed by atoms with Crippen molar-refractivity contribution in [3.05, 3.63) is 18.2 Å². The molecule has 18 heavy (non-hydrogen) atoms. The van der Waals surface area contributed by atoms with Crippen molar-refractivity contribution in [2.45, 2.75) is 39.2 Å². The highest BCUT2D eigenvalue weighted by atomic mass is 16.5. The lowest BCUT2D eigenvalue weighted by Crippen LogP contribution is -2.53. The number of nitrogens with two attached hydrogens (primary N) is 1. The highest BCUT2D eigenvalue weighted by molar-refractivity contribution is 6.04. The Bertz CT molecular complexity index is 469. The van der Waals surface area contributed by atoms with Crippen molar-refractivity contribution in [2.75, 3.05) is 17.2 Å². The van der Waals surface area contributed by atoms with Gasteiger partial charge in [0.2, 0.25) is 0 Å². The van der Waals surface area contributed by atoms with E-state index in [1.54, 1.807) is 24.8 Å². The zero-order valence-corrected chi connectivity index (χ0v) is 11.2. The van der Waals surface area contributed by atoms with E-state index in [1.807, 2.05) is 12.1 Å². The summed E-state index contributed by atoms with van der Waals surface area (Å²) in [5.74, 6) is 0.664. The standard InChI is InChI=1S/C14H20N2O2/c1-4-5-9-16-12-10(15)7-6-8-11(12)18-14(2,3)13(16)17/h6-8H,4-5,9,15H2,1-3H3. The van der Waals surface area contributed by atoms with Crippen molar-refractivity contribution in [3.8, 4) is 5.75 Å². The Hall–Kier alpha value is -1.71. The topological polar surface area (TPSA) is 55.6 Å². The van der Waals surface area contributed by atoms with Crippen LogP contribution in [0, 0.1) is 0 Å². The van der Waals surface area contributed by atoms with Crippen molar-refractivity contribution >= 4 is 17.3 Å². The number of unbranched alkanes of at least 4 members (excludes halogenated alkanes) is 1. The van der Waals surface area contributed by atoms with Crippen LogP contribution in [-0.2, 0) is 4.79 Å². The molecular formula is C14H20N2O2. The molecule has 2 N–H and O–H groups in total. The second-order valence-electron chi connectivity index (χ2n) is 5.12. The van der Waals surface area contributed by atoms with Crippen LogP contribution < -0.4 is 15.4 Å². The SMILES string of the molecule is CCCCN1C(=O)C(C)(C)Oc2cccc(N)c21. The third-order valence-electron chi connectivity index (χ3n) is 3.16. The number of nitrogens with zero attached hydrogens (tertiary/aromatic N) is 1. The number of anilines is 2. The normalized spacial score (nSPS) is 17.3. The molecule has 1 aromatic rings. The fourth-order valence-electron chi connectivity index (χ4n) is 2.19. The van der Waals surface area contributed by atoms with Gasteiger partial charge in [0.1, 0.15) is 11.4 Å². The monoisotopic (exact) mass is 248 g/mol. The summed E-state index contributed by atoms with van der Waals surface area (Å²) in [6, 6.07) is 5.50. The van der Waals surface area contributed by atoms with E-state index in [0.717, 1.165) is 18.5 Å². The number of carbonyl (C=O) groups is 1. The minimum Gasteiger partial charge on any atom is -0.476 e. The second kappa shape index (κ2) is 4.52. The number of ether oxygens (including phenoxy) is 1. The van der Waals surface area contributed by atoms with Crippen LogP contribution >= 0.6 is 0 Å². The summed E-state index contributed by atoms with van der Waals surface area (Å²) in [7, 11) is 0. The van der Waals surface area contributed by atoms with Crippen LogP contribution in [0.4, 0.5) is 11.4 Å². The molecule has 98 valence electrons. The van der Waals surface area contributed by atoms with Crippen LogP contribution in [0.1, 0.15) is 33.6 Å². The van der Waals surface area contributed by atoms with Crippen LogP contribution in [0.5, 0.6) is 5.75 Å². The number of hydrogen-bond acceptors (Lipinski definition) is 3. The number of para-hydroxylation sites is 1. The average Bonchev–Trinajstić information content (AvgIpc) is 2.30. The fraction of sp³-hybridized carbons (Fsp3) is 0.500. The molecule has 1 aliphatic heterocycles. The van der Waals surface area contributed by atoms with E-state index in [0.29, 0.717) is 18.0 Å². The van der Waals surface area contributed by atoms with Crippen LogP contribution in [0.15, 0.2) is 18.2 Å². The van der Waals surface area contributed by atoms with Crippen LogP contribution in [0.3, 0.4) is 0 Å². The highest BCUT2D eigenvalue weighted by Crippen LogP contribution is 2.41. The van der Waals surface area contributed by atoms with E-state index >= 15 is 0 Å². The molecule has 1 amide bonds. The Morgan fingerprint density at radius 3 is 2.78 bits per heavy atom. The van der Waals surface area contributed by atoms with Crippen molar-refractivity contribution in [1.29, 1.82) is 0 Å². The van der Waals surface area contributed by atoms with Gasteiger partial charge in [-0.3, -0.25) is 4.79 Å². The number of rotatable bonds is 3. The van der Waals surface area contributed by atoms with Gasteiger partial charge in [-0.15, -0.1) is 0 Å². The van der Waals surface area contributed by atoms with Gasteiger partial charge in [-0.25, -0.2) is 0 Å². The molecule has 0 bridgehead atoms. The molecule has 1 aromatic carbocycles. The summed E-state index contributed by atoms with van der Waals surface area (Å²) in [5.41, 5.74) is 6.46. The zero-order chi connectivity index (χ0) is 13.3. The summed E-state index contributed by atoms with van der Waals surface area (Å²) >= 11 is 0. The molecule has 0 radical (unpaired) electrons. The van der Waals surface area contributed by atoms with E-state index in [2.05, 4.69) is 6.92 Å². The molecule has 0 unspecified atom stereocenters. The number of carbonyl (C=O) groups excluding carboxylic acids is 1. The number of fused-ring (bicyclic) bond motifs is 1. The van der Waals surface area contributed by atoms with Crippen LogP contribution in [0.2, 0.25) is 0 Å². The highest BCUT2D eigenvalue weighted by Gasteiger charge is 2.41. The van der Waals surface area contributed by atoms with Gasteiger partial charge in [0, 0.05) is 6.54 Å². The van der Waals surface area contributed by atoms with E-state index < -0.39 is 5.60 Å². The van der Waals surface area contributed by atoms with Crippen molar-refractivity contribution < 1.29 is 9.53 Å². The van der Waals surface area contributed by atoms with Crippen LogP contribution in [0.25, 0.3) is 0 Å². The molecule has 2 rings (SSSR count). The van der Waals surface area contributed by atoms with E-state index in [9.17, 15) is 4.79 Å². The van der Waals surface area contributed by atoms with E-state index in [4.69, 9.17) is 10.5 Å². The van der Waals surface area contributed by atoms with Gasteiger partial charge < -0.3 is 15.4 Å². The third kappa shape index (κ3) is 2.03.